The molecule has 2 aromatic heterocycles. The van der Waals surface area contributed by atoms with E-state index >= 15 is 0 Å². The van der Waals surface area contributed by atoms with Gasteiger partial charge in [-0.25, -0.2) is 4.79 Å². The summed E-state index contributed by atoms with van der Waals surface area (Å²) in [5.74, 6) is 0.383. The van der Waals surface area contributed by atoms with Crippen molar-refractivity contribution in [3.05, 3.63) is 68.4 Å². The number of fused-ring (bicyclic) bond motifs is 1. The molecule has 1 fully saturated rings. The first-order valence-corrected chi connectivity index (χ1v) is 11.3. The zero-order valence-corrected chi connectivity index (χ0v) is 19.4. The fraction of sp³-hybridized carbons (Fsp3) is 0.417. The lowest BCUT2D eigenvalue weighted by molar-refractivity contribution is 0.0969. The average Bonchev–Trinajstić information content (AvgIpc) is 2.98. The van der Waals surface area contributed by atoms with Crippen molar-refractivity contribution in [2.45, 2.75) is 33.4 Å². The lowest BCUT2D eigenvalue weighted by Crippen LogP contribution is -2.41. The van der Waals surface area contributed by atoms with Crippen LogP contribution in [0.1, 0.15) is 30.6 Å². The summed E-state index contributed by atoms with van der Waals surface area (Å²) in [5, 5.41) is 3.38. The van der Waals surface area contributed by atoms with Crippen LogP contribution in [0.2, 0.25) is 0 Å². The summed E-state index contributed by atoms with van der Waals surface area (Å²) in [7, 11) is 1.60. The van der Waals surface area contributed by atoms with Crippen molar-refractivity contribution in [1.29, 1.82) is 0 Å². The maximum Gasteiger partial charge on any atom is 0.332 e. The number of nitrogens with zero attached hydrogens (tertiary/aromatic N) is 5. The predicted molar refractivity (Wildman–Crippen MR) is 129 cm³/mol. The minimum atomic E-state index is -0.548. The number of aryl methyl sites for hydroxylation is 1. The second-order valence-corrected chi connectivity index (χ2v) is 8.59. The summed E-state index contributed by atoms with van der Waals surface area (Å²) >= 11 is 0. The minimum absolute atomic E-state index is 0.289. The van der Waals surface area contributed by atoms with Crippen LogP contribution in [0.15, 0.2) is 51.6 Å². The van der Waals surface area contributed by atoms with Crippen LogP contribution in [0, 0.1) is 0 Å². The summed E-state index contributed by atoms with van der Waals surface area (Å²) in [6, 6.07) is 8.69. The Morgan fingerprint density at radius 3 is 2.58 bits per heavy atom. The number of ketones is 1. The Morgan fingerprint density at radius 1 is 1.09 bits per heavy atom. The zero-order valence-electron chi connectivity index (χ0n) is 19.4. The van der Waals surface area contributed by atoms with Crippen molar-refractivity contribution in [3.8, 4) is 0 Å². The standard InChI is InChI=1S/C24H30N6O3/c1-17(2)10-14-29-20-21(26-23(29)28-13-7-11-25-12-15-28)27(3)24(33)30(22(20)32)16-19(31)18-8-5-4-6-9-18/h4-6,8-10,25H,7,11-16H2,1-3H3. The zero-order chi connectivity index (χ0) is 23.5. The van der Waals surface area contributed by atoms with Gasteiger partial charge in [0.05, 0.1) is 6.54 Å². The van der Waals surface area contributed by atoms with Gasteiger partial charge < -0.3 is 14.8 Å². The van der Waals surface area contributed by atoms with Crippen LogP contribution in [-0.4, -0.2) is 50.6 Å². The van der Waals surface area contributed by atoms with E-state index in [2.05, 4.69) is 10.2 Å². The number of allylic oxidation sites excluding steroid dienone is 2. The molecule has 0 spiro atoms. The van der Waals surface area contributed by atoms with Crippen molar-refractivity contribution >= 4 is 22.9 Å². The highest BCUT2D eigenvalue weighted by Gasteiger charge is 2.24. The summed E-state index contributed by atoms with van der Waals surface area (Å²) in [6.07, 6.45) is 2.99. The highest BCUT2D eigenvalue weighted by Crippen LogP contribution is 2.21. The average molecular weight is 451 g/mol. The molecule has 1 aromatic carbocycles. The fourth-order valence-electron chi connectivity index (χ4n) is 4.09. The molecule has 3 aromatic rings. The van der Waals surface area contributed by atoms with Gasteiger partial charge in [-0.3, -0.25) is 18.7 Å². The lowest BCUT2D eigenvalue weighted by atomic mass is 10.1. The van der Waals surface area contributed by atoms with Gasteiger partial charge in [-0.15, -0.1) is 0 Å². The minimum Gasteiger partial charge on any atom is -0.341 e. The van der Waals surface area contributed by atoms with Gasteiger partial charge in [-0.2, -0.15) is 4.98 Å². The predicted octanol–water partition coefficient (Wildman–Crippen LogP) is 1.55. The Bertz CT molecular complexity index is 1300. The van der Waals surface area contributed by atoms with Crippen LogP contribution in [0.3, 0.4) is 0 Å². The van der Waals surface area contributed by atoms with Crippen LogP contribution in [0.25, 0.3) is 11.2 Å². The van der Waals surface area contributed by atoms with Gasteiger partial charge in [0.15, 0.2) is 16.9 Å². The van der Waals surface area contributed by atoms with E-state index < -0.39 is 11.2 Å². The SMILES string of the molecule is CC(C)=CCn1c(N2CCCNCC2)nc2c1c(=O)n(CC(=O)c1ccccc1)c(=O)n2C. The van der Waals surface area contributed by atoms with Crippen LogP contribution >= 0.6 is 0 Å². The van der Waals surface area contributed by atoms with E-state index in [1.54, 1.807) is 31.3 Å². The molecule has 0 radical (unpaired) electrons. The molecule has 3 heterocycles. The van der Waals surface area contributed by atoms with Gasteiger partial charge in [0.25, 0.3) is 5.56 Å². The highest BCUT2D eigenvalue weighted by atomic mass is 16.2. The Hall–Kier alpha value is -3.46. The summed E-state index contributed by atoms with van der Waals surface area (Å²) < 4.78 is 4.26. The van der Waals surface area contributed by atoms with Gasteiger partial charge in [0.2, 0.25) is 5.95 Å². The quantitative estimate of drug-likeness (QED) is 0.452. The van der Waals surface area contributed by atoms with Crippen LogP contribution in [-0.2, 0) is 20.1 Å². The summed E-state index contributed by atoms with van der Waals surface area (Å²) in [5.41, 5.74) is 1.21. The number of imidazole rings is 1. The molecule has 1 aliphatic rings. The number of carbonyl (C=O) groups is 1. The molecular weight excluding hydrogens is 420 g/mol. The number of Topliss-reactive ketones (excluding diaryl/α,β-unsaturated/α-hetero) is 1. The number of anilines is 1. The van der Waals surface area contributed by atoms with Crippen molar-refractivity contribution in [1.82, 2.24) is 24.0 Å². The van der Waals surface area contributed by atoms with Gasteiger partial charge in [0, 0.05) is 38.8 Å². The number of hydrogen-bond acceptors (Lipinski definition) is 6. The maximum absolute atomic E-state index is 13.6. The molecule has 0 saturated carbocycles. The fourth-order valence-corrected chi connectivity index (χ4v) is 4.09. The van der Waals surface area contributed by atoms with Crippen molar-refractivity contribution in [3.63, 3.8) is 0 Å². The van der Waals surface area contributed by atoms with E-state index in [0.717, 1.165) is 42.7 Å². The molecule has 9 heteroatoms. The number of rotatable bonds is 6. The third kappa shape index (κ3) is 4.54. The molecule has 1 saturated heterocycles. The van der Waals surface area contributed by atoms with Gasteiger partial charge >= 0.3 is 5.69 Å². The molecule has 174 valence electrons. The first-order valence-electron chi connectivity index (χ1n) is 11.3. The van der Waals surface area contributed by atoms with E-state index in [1.165, 1.54) is 4.57 Å². The van der Waals surface area contributed by atoms with E-state index in [9.17, 15) is 14.4 Å². The highest BCUT2D eigenvalue weighted by molar-refractivity contribution is 5.95. The number of nitrogens with one attached hydrogen (secondary N) is 1. The lowest BCUT2D eigenvalue weighted by Gasteiger charge is -2.22. The normalized spacial score (nSPS) is 14.3. The molecule has 0 bridgehead atoms. The van der Waals surface area contributed by atoms with Gasteiger partial charge in [-0.05, 0) is 26.8 Å². The van der Waals surface area contributed by atoms with E-state index in [1.807, 2.05) is 30.6 Å². The van der Waals surface area contributed by atoms with Crippen molar-refractivity contribution in [2.24, 2.45) is 7.05 Å². The molecule has 4 rings (SSSR count). The molecule has 0 atom stereocenters. The molecule has 1 aliphatic heterocycles. The molecule has 9 nitrogen and oxygen atoms in total. The Balaban J connectivity index is 1.89. The summed E-state index contributed by atoms with van der Waals surface area (Å²) in [4.78, 5) is 46.4. The molecular formula is C24H30N6O3. The number of aromatic nitrogens is 4. The second kappa shape index (κ2) is 9.58. The molecule has 0 amide bonds. The van der Waals surface area contributed by atoms with E-state index in [4.69, 9.17) is 4.98 Å². The van der Waals surface area contributed by atoms with Crippen LogP contribution in [0.4, 0.5) is 5.95 Å². The first kappa shape index (κ1) is 22.7. The largest absolute Gasteiger partial charge is 0.341 e. The molecule has 0 aliphatic carbocycles. The Kier molecular flexibility index (Phi) is 6.60. The maximum atomic E-state index is 13.6. The van der Waals surface area contributed by atoms with E-state index in [0.29, 0.717) is 29.2 Å². The monoisotopic (exact) mass is 450 g/mol. The third-order valence-electron chi connectivity index (χ3n) is 5.91. The topological polar surface area (TPSA) is 94.2 Å². The van der Waals surface area contributed by atoms with Crippen molar-refractivity contribution < 1.29 is 4.79 Å². The number of carbonyl (C=O) groups excluding carboxylic acids is 1. The Morgan fingerprint density at radius 2 is 1.85 bits per heavy atom. The molecule has 1 N–H and O–H groups in total. The second-order valence-electron chi connectivity index (χ2n) is 8.59. The molecule has 0 unspecified atom stereocenters. The van der Waals surface area contributed by atoms with Gasteiger partial charge in [0.1, 0.15) is 0 Å². The summed E-state index contributed by atoms with van der Waals surface area (Å²) in [6.45, 7) is 7.45. The van der Waals surface area contributed by atoms with Crippen LogP contribution in [0.5, 0.6) is 0 Å². The number of benzene rings is 1. The third-order valence-corrected chi connectivity index (χ3v) is 5.91. The van der Waals surface area contributed by atoms with E-state index in [-0.39, 0.29) is 12.3 Å². The number of hydrogen-bond donors (Lipinski definition) is 1. The smallest absolute Gasteiger partial charge is 0.332 e. The Labute approximate surface area is 192 Å². The molecule has 33 heavy (non-hydrogen) atoms. The first-order chi connectivity index (χ1) is 15.9. The van der Waals surface area contributed by atoms with Gasteiger partial charge in [-0.1, -0.05) is 42.0 Å². The van der Waals surface area contributed by atoms with Crippen molar-refractivity contribution in [2.75, 3.05) is 31.1 Å². The van der Waals surface area contributed by atoms with Crippen LogP contribution < -0.4 is 21.5 Å².